The van der Waals surface area contributed by atoms with Crippen LogP contribution in [0.4, 0.5) is 21.6 Å². The number of nitrogens with zero attached hydrogens (tertiary/aromatic N) is 2. The summed E-state index contributed by atoms with van der Waals surface area (Å²) in [5.74, 6) is 0.0547. The van der Waals surface area contributed by atoms with Crippen LogP contribution in [0.5, 0.6) is 5.75 Å². The van der Waals surface area contributed by atoms with E-state index in [1.54, 1.807) is 48.5 Å². The predicted molar refractivity (Wildman–Crippen MR) is 141 cm³/mol. The molecule has 3 aromatic carbocycles. The Morgan fingerprint density at radius 3 is 2.68 bits per heavy atom. The van der Waals surface area contributed by atoms with Gasteiger partial charge in [-0.05, 0) is 60.2 Å². The molecular formula is C27H23ClFN5O3. The van der Waals surface area contributed by atoms with Crippen LogP contribution < -0.4 is 20.7 Å². The molecule has 188 valence electrons. The number of halogens is 2. The Bertz CT molecular complexity index is 1460. The van der Waals surface area contributed by atoms with Crippen molar-refractivity contribution in [1.29, 1.82) is 0 Å². The third kappa shape index (κ3) is 7.02. The maximum Gasteiger partial charge on any atom is 0.243 e. The van der Waals surface area contributed by atoms with E-state index in [4.69, 9.17) is 16.3 Å². The number of carbonyl (C=O) groups is 2. The summed E-state index contributed by atoms with van der Waals surface area (Å²) in [5, 5.41) is 9.64. The Morgan fingerprint density at radius 2 is 1.89 bits per heavy atom. The molecule has 0 atom stereocenters. The summed E-state index contributed by atoms with van der Waals surface area (Å²) in [6, 6.07) is 16.6. The van der Waals surface area contributed by atoms with E-state index < -0.39 is 0 Å². The second-order valence-electron chi connectivity index (χ2n) is 7.94. The Balaban J connectivity index is 1.44. The van der Waals surface area contributed by atoms with Gasteiger partial charge in [0, 0.05) is 29.7 Å². The molecule has 37 heavy (non-hydrogen) atoms. The van der Waals surface area contributed by atoms with Gasteiger partial charge in [0.25, 0.3) is 0 Å². The number of nitrogens with one attached hydrogen (secondary N) is 3. The quantitative estimate of drug-likeness (QED) is 0.243. The lowest BCUT2D eigenvalue weighted by Gasteiger charge is -2.13. The monoisotopic (exact) mass is 519 g/mol. The van der Waals surface area contributed by atoms with Crippen LogP contribution in [0.2, 0.25) is 5.02 Å². The van der Waals surface area contributed by atoms with Crippen LogP contribution >= 0.6 is 11.6 Å². The standard InChI is InChI=1S/C27H23ClFN5O3/c1-2-25(35)30-11-10-26(36)33-19-6-8-23-21(13-19)27(32-16-31-23)34-20-7-9-24(22(28)14-20)37-15-17-4-3-5-18(29)12-17/h2-9,12-14,16H,1,10-11,15H2,(H,30,35)(H,33,36)(H,31,32,34). The number of hydrogen-bond donors (Lipinski definition) is 3. The first-order valence-corrected chi connectivity index (χ1v) is 11.7. The van der Waals surface area contributed by atoms with E-state index in [9.17, 15) is 14.0 Å². The lowest BCUT2D eigenvalue weighted by molar-refractivity contribution is -0.117. The number of carbonyl (C=O) groups excluding carboxylic acids is 2. The molecule has 2 amide bonds. The number of rotatable bonds is 10. The van der Waals surface area contributed by atoms with Crippen molar-refractivity contribution in [3.8, 4) is 5.75 Å². The van der Waals surface area contributed by atoms with Crippen LogP contribution in [0.15, 0.2) is 79.6 Å². The third-order valence-electron chi connectivity index (χ3n) is 5.23. The highest BCUT2D eigenvalue weighted by atomic mass is 35.5. The number of fused-ring (bicyclic) bond motifs is 1. The Hall–Kier alpha value is -4.50. The maximum absolute atomic E-state index is 13.4. The van der Waals surface area contributed by atoms with Gasteiger partial charge in [-0.2, -0.15) is 0 Å². The summed E-state index contributed by atoms with van der Waals surface area (Å²) in [6.45, 7) is 3.74. The van der Waals surface area contributed by atoms with Crippen LogP contribution in [0.1, 0.15) is 12.0 Å². The van der Waals surface area contributed by atoms with Gasteiger partial charge in [-0.3, -0.25) is 9.59 Å². The fourth-order valence-electron chi connectivity index (χ4n) is 3.45. The SMILES string of the molecule is C=CC(=O)NCCC(=O)Nc1ccc2ncnc(Nc3ccc(OCc4cccc(F)c4)c(Cl)c3)c2c1. The third-order valence-corrected chi connectivity index (χ3v) is 5.53. The number of hydrogen-bond acceptors (Lipinski definition) is 6. The zero-order chi connectivity index (χ0) is 26.2. The van der Waals surface area contributed by atoms with Gasteiger partial charge in [0.05, 0.1) is 10.5 Å². The van der Waals surface area contributed by atoms with E-state index in [2.05, 4.69) is 32.5 Å². The highest BCUT2D eigenvalue weighted by molar-refractivity contribution is 6.32. The van der Waals surface area contributed by atoms with Crippen molar-refractivity contribution in [2.24, 2.45) is 0 Å². The summed E-state index contributed by atoms with van der Waals surface area (Å²) in [5.41, 5.74) is 2.59. The molecule has 1 heterocycles. The van der Waals surface area contributed by atoms with Gasteiger partial charge in [-0.25, -0.2) is 14.4 Å². The smallest absolute Gasteiger partial charge is 0.243 e. The first kappa shape index (κ1) is 25.6. The molecule has 0 aliphatic rings. The molecule has 0 unspecified atom stereocenters. The van der Waals surface area contributed by atoms with E-state index in [1.165, 1.54) is 18.5 Å². The van der Waals surface area contributed by atoms with E-state index in [1.807, 2.05) is 0 Å². The van der Waals surface area contributed by atoms with Gasteiger partial charge in [-0.1, -0.05) is 30.3 Å². The minimum absolute atomic E-state index is 0.111. The molecule has 0 aliphatic heterocycles. The van der Waals surface area contributed by atoms with Gasteiger partial charge in [-0.15, -0.1) is 0 Å². The highest BCUT2D eigenvalue weighted by Gasteiger charge is 2.10. The number of ether oxygens (including phenoxy) is 1. The Morgan fingerprint density at radius 1 is 1.05 bits per heavy atom. The summed E-state index contributed by atoms with van der Waals surface area (Å²) in [7, 11) is 0. The lowest BCUT2D eigenvalue weighted by Crippen LogP contribution is -2.25. The molecule has 0 saturated heterocycles. The zero-order valence-electron chi connectivity index (χ0n) is 19.6. The normalized spacial score (nSPS) is 10.5. The summed E-state index contributed by atoms with van der Waals surface area (Å²) >= 11 is 6.41. The minimum Gasteiger partial charge on any atom is -0.487 e. The molecule has 0 spiro atoms. The van der Waals surface area contributed by atoms with Crippen molar-refractivity contribution in [3.63, 3.8) is 0 Å². The van der Waals surface area contributed by atoms with Crippen LogP contribution in [0.3, 0.4) is 0 Å². The Labute approximate surface area is 217 Å². The molecule has 3 N–H and O–H groups in total. The van der Waals surface area contributed by atoms with Crippen LogP contribution in [0.25, 0.3) is 10.9 Å². The molecule has 4 rings (SSSR count). The van der Waals surface area contributed by atoms with Crippen molar-refractivity contribution in [2.75, 3.05) is 17.2 Å². The first-order valence-electron chi connectivity index (χ1n) is 11.3. The number of benzene rings is 3. The predicted octanol–water partition coefficient (Wildman–Crippen LogP) is 5.38. The Kier molecular flexibility index (Phi) is 8.27. The van der Waals surface area contributed by atoms with Crippen LogP contribution in [0, 0.1) is 5.82 Å². The first-order chi connectivity index (χ1) is 17.9. The van der Waals surface area contributed by atoms with Gasteiger partial charge in [0.2, 0.25) is 11.8 Å². The van der Waals surface area contributed by atoms with Crippen LogP contribution in [-0.4, -0.2) is 28.3 Å². The molecule has 0 fully saturated rings. The molecule has 0 radical (unpaired) electrons. The van der Waals surface area contributed by atoms with E-state index in [0.29, 0.717) is 44.4 Å². The lowest BCUT2D eigenvalue weighted by atomic mass is 10.2. The van der Waals surface area contributed by atoms with Crippen molar-refractivity contribution in [3.05, 3.63) is 96.0 Å². The molecule has 0 aliphatic carbocycles. The van der Waals surface area contributed by atoms with Crippen LogP contribution in [-0.2, 0) is 16.2 Å². The van der Waals surface area contributed by atoms with Crippen molar-refractivity contribution >= 4 is 51.5 Å². The summed E-state index contributed by atoms with van der Waals surface area (Å²) in [4.78, 5) is 32.1. The number of amides is 2. The maximum atomic E-state index is 13.4. The van der Waals surface area contributed by atoms with Crippen molar-refractivity contribution in [1.82, 2.24) is 15.3 Å². The fourth-order valence-corrected chi connectivity index (χ4v) is 3.68. The highest BCUT2D eigenvalue weighted by Crippen LogP contribution is 2.31. The van der Waals surface area contributed by atoms with Gasteiger partial charge < -0.3 is 20.7 Å². The summed E-state index contributed by atoms with van der Waals surface area (Å²) < 4.78 is 19.1. The molecule has 8 nitrogen and oxygen atoms in total. The van der Waals surface area contributed by atoms with Gasteiger partial charge in [0.1, 0.15) is 30.3 Å². The average molecular weight is 520 g/mol. The molecule has 0 saturated carbocycles. The average Bonchev–Trinajstić information content (AvgIpc) is 2.88. The van der Waals surface area contributed by atoms with E-state index in [-0.39, 0.29) is 37.2 Å². The molecular weight excluding hydrogens is 497 g/mol. The largest absolute Gasteiger partial charge is 0.487 e. The minimum atomic E-state index is -0.336. The van der Waals surface area contributed by atoms with Gasteiger partial charge >= 0.3 is 0 Å². The number of anilines is 3. The van der Waals surface area contributed by atoms with Crippen molar-refractivity contribution < 1.29 is 18.7 Å². The topological polar surface area (TPSA) is 105 Å². The second kappa shape index (κ2) is 12.0. The molecule has 10 heteroatoms. The second-order valence-corrected chi connectivity index (χ2v) is 8.34. The van der Waals surface area contributed by atoms with E-state index >= 15 is 0 Å². The molecule has 0 bridgehead atoms. The molecule has 1 aromatic heterocycles. The van der Waals surface area contributed by atoms with E-state index in [0.717, 1.165) is 6.08 Å². The summed E-state index contributed by atoms with van der Waals surface area (Å²) in [6.07, 6.45) is 2.69. The zero-order valence-corrected chi connectivity index (χ0v) is 20.4. The number of aromatic nitrogens is 2. The van der Waals surface area contributed by atoms with Gasteiger partial charge in [0.15, 0.2) is 0 Å². The van der Waals surface area contributed by atoms with Crippen molar-refractivity contribution in [2.45, 2.75) is 13.0 Å². The fraction of sp³-hybridized carbons (Fsp3) is 0.111. The molecule has 4 aromatic rings.